The van der Waals surface area contributed by atoms with Crippen LogP contribution >= 0.6 is 0 Å². The fraction of sp³-hybridized carbons (Fsp3) is 0.412. The second kappa shape index (κ2) is 6.32. The van der Waals surface area contributed by atoms with E-state index in [0.29, 0.717) is 5.92 Å². The van der Waals surface area contributed by atoms with Crippen LogP contribution in [0, 0.1) is 0 Å². The van der Waals surface area contributed by atoms with Gasteiger partial charge in [0.15, 0.2) is 0 Å². The normalized spacial score (nSPS) is 18.2. The van der Waals surface area contributed by atoms with E-state index in [2.05, 4.69) is 16.2 Å². The van der Waals surface area contributed by atoms with Crippen molar-refractivity contribution >= 4 is 5.91 Å². The largest absolute Gasteiger partial charge is 0.368 e. The Balaban J connectivity index is 1.70. The zero-order valence-corrected chi connectivity index (χ0v) is 12.9. The first-order valence-corrected chi connectivity index (χ1v) is 7.72. The molecule has 0 unspecified atom stereocenters. The number of carbonyl (C=O) groups is 1. The van der Waals surface area contributed by atoms with Crippen molar-refractivity contribution in [3.63, 3.8) is 0 Å². The molecule has 0 radical (unpaired) electrons. The third-order valence-corrected chi connectivity index (χ3v) is 4.48. The number of aryl methyl sites for hydroxylation is 1. The van der Waals surface area contributed by atoms with E-state index in [0.717, 1.165) is 31.5 Å². The average molecular weight is 298 g/mol. The predicted octanol–water partition coefficient (Wildman–Crippen LogP) is 1.83. The molecule has 1 amide bonds. The van der Waals surface area contributed by atoms with Gasteiger partial charge in [0, 0.05) is 13.2 Å². The van der Waals surface area contributed by atoms with E-state index >= 15 is 0 Å². The van der Waals surface area contributed by atoms with Gasteiger partial charge in [-0.2, -0.15) is 5.10 Å². The molecule has 1 atom stereocenters. The van der Waals surface area contributed by atoms with Crippen molar-refractivity contribution in [3.8, 4) is 0 Å². The van der Waals surface area contributed by atoms with Crippen molar-refractivity contribution in [1.82, 2.24) is 14.7 Å². The van der Waals surface area contributed by atoms with Gasteiger partial charge in [0.2, 0.25) is 5.91 Å². The molecule has 22 heavy (non-hydrogen) atoms. The molecule has 0 saturated carbocycles. The lowest BCUT2D eigenvalue weighted by molar-refractivity contribution is -0.124. The topological polar surface area (TPSA) is 64.2 Å². The van der Waals surface area contributed by atoms with Crippen molar-refractivity contribution in [3.05, 3.63) is 53.9 Å². The molecule has 0 spiro atoms. The van der Waals surface area contributed by atoms with Crippen molar-refractivity contribution in [2.45, 2.75) is 24.8 Å². The molecule has 2 aromatic rings. The van der Waals surface area contributed by atoms with Gasteiger partial charge in [-0.25, -0.2) is 0 Å². The maximum Gasteiger partial charge on any atom is 0.239 e. The van der Waals surface area contributed by atoms with Crippen LogP contribution in [0.15, 0.2) is 42.7 Å². The van der Waals surface area contributed by atoms with E-state index in [4.69, 9.17) is 5.73 Å². The number of nitrogens with two attached hydrogens (primary N) is 1. The van der Waals surface area contributed by atoms with E-state index in [1.54, 1.807) is 0 Å². The number of benzene rings is 1. The Morgan fingerprint density at radius 1 is 1.27 bits per heavy atom. The molecule has 1 saturated heterocycles. The molecule has 3 rings (SSSR count). The van der Waals surface area contributed by atoms with Crippen molar-refractivity contribution < 1.29 is 4.79 Å². The summed E-state index contributed by atoms with van der Waals surface area (Å²) in [5.74, 6) is 0.250. The zero-order valence-electron chi connectivity index (χ0n) is 12.9. The van der Waals surface area contributed by atoms with Crippen LogP contribution in [0.25, 0.3) is 0 Å². The maximum absolute atomic E-state index is 11.9. The highest BCUT2D eigenvalue weighted by atomic mass is 16.1. The van der Waals surface area contributed by atoms with E-state index in [1.165, 1.54) is 5.56 Å². The summed E-state index contributed by atoms with van der Waals surface area (Å²) >= 11 is 0. The van der Waals surface area contributed by atoms with Crippen molar-refractivity contribution in [1.29, 1.82) is 0 Å². The summed E-state index contributed by atoms with van der Waals surface area (Å²) in [6.07, 6.45) is 6.09. The van der Waals surface area contributed by atoms with Gasteiger partial charge in [-0.3, -0.25) is 14.4 Å². The summed E-state index contributed by atoms with van der Waals surface area (Å²) in [4.78, 5) is 14.1. The van der Waals surface area contributed by atoms with Crippen molar-refractivity contribution in [2.24, 2.45) is 12.8 Å². The SMILES string of the molecule is Cn1cc(C2CCN([C@H](C(N)=O)c3ccccc3)CC2)cn1. The van der Waals surface area contributed by atoms with Gasteiger partial charge in [0.25, 0.3) is 0 Å². The van der Waals surface area contributed by atoms with Crippen LogP contribution in [0.2, 0.25) is 0 Å². The Labute approximate surface area is 130 Å². The molecule has 5 heteroatoms. The van der Waals surface area contributed by atoms with E-state index in [-0.39, 0.29) is 11.9 Å². The number of piperidine rings is 1. The molecule has 2 N–H and O–H groups in total. The molecule has 1 aliphatic rings. The highest BCUT2D eigenvalue weighted by Crippen LogP contribution is 2.31. The smallest absolute Gasteiger partial charge is 0.239 e. The predicted molar refractivity (Wildman–Crippen MR) is 85.1 cm³/mol. The summed E-state index contributed by atoms with van der Waals surface area (Å²) in [7, 11) is 1.94. The van der Waals surface area contributed by atoms with Gasteiger partial charge >= 0.3 is 0 Å². The third kappa shape index (κ3) is 3.04. The molecular weight excluding hydrogens is 276 g/mol. The monoisotopic (exact) mass is 298 g/mol. The van der Waals surface area contributed by atoms with E-state index < -0.39 is 0 Å². The van der Waals surface area contributed by atoms with Gasteiger partial charge in [0.05, 0.1) is 6.20 Å². The molecule has 116 valence electrons. The minimum absolute atomic E-state index is 0.272. The Hall–Kier alpha value is -2.14. The summed E-state index contributed by atoms with van der Waals surface area (Å²) in [5.41, 5.74) is 7.93. The number of primary amides is 1. The molecule has 1 aromatic heterocycles. The van der Waals surface area contributed by atoms with Gasteiger partial charge in [0.1, 0.15) is 6.04 Å². The lowest BCUT2D eigenvalue weighted by Gasteiger charge is -2.36. The summed E-state index contributed by atoms with van der Waals surface area (Å²) in [5, 5.41) is 4.25. The van der Waals surface area contributed by atoms with Crippen LogP contribution in [0.3, 0.4) is 0 Å². The highest BCUT2D eigenvalue weighted by Gasteiger charge is 2.30. The van der Waals surface area contributed by atoms with E-state index in [9.17, 15) is 4.79 Å². The standard InChI is InChI=1S/C17H22N4O/c1-20-12-15(11-19-20)13-7-9-21(10-8-13)16(17(18)22)14-5-3-2-4-6-14/h2-6,11-13,16H,7-10H2,1H3,(H2,18,22)/t16-/m0/s1. The lowest BCUT2D eigenvalue weighted by Crippen LogP contribution is -2.42. The average Bonchev–Trinajstić information content (AvgIpc) is 2.95. The quantitative estimate of drug-likeness (QED) is 0.936. The minimum atomic E-state index is -0.323. The molecule has 1 aliphatic heterocycles. The molecule has 1 aromatic carbocycles. The first kappa shape index (κ1) is 14.8. The number of likely N-dealkylation sites (tertiary alicyclic amines) is 1. The summed E-state index contributed by atoms with van der Waals surface area (Å²) < 4.78 is 1.85. The Kier molecular flexibility index (Phi) is 4.24. The van der Waals surface area contributed by atoms with Crippen LogP contribution in [0.1, 0.15) is 35.9 Å². The second-order valence-electron chi connectivity index (χ2n) is 5.97. The number of hydrogen-bond acceptors (Lipinski definition) is 3. The number of nitrogens with zero attached hydrogens (tertiary/aromatic N) is 3. The molecule has 1 fully saturated rings. The molecule has 0 bridgehead atoms. The van der Waals surface area contributed by atoms with E-state index in [1.807, 2.05) is 48.3 Å². The van der Waals surface area contributed by atoms with Crippen molar-refractivity contribution in [2.75, 3.05) is 13.1 Å². The molecular formula is C17H22N4O. The number of amides is 1. The second-order valence-corrected chi connectivity index (χ2v) is 5.97. The summed E-state index contributed by atoms with van der Waals surface area (Å²) in [6.45, 7) is 1.75. The van der Waals surface area contributed by atoms with Gasteiger partial charge < -0.3 is 5.73 Å². The van der Waals surface area contributed by atoms with Crippen LogP contribution in [0.4, 0.5) is 0 Å². The number of rotatable bonds is 4. The Morgan fingerprint density at radius 3 is 2.50 bits per heavy atom. The van der Waals surface area contributed by atoms with Crippen LogP contribution in [-0.2, 0) is 11.8 Å². The fourth-order valence-corrected chi connectivity index (χ4v) is 3.33. The minimum Gasteiger partial charge on any atom is -0.368 e. The zero-order chi connectivity index (χ0) is 15.5. The number of carbonyl (C=O) groups excluding carboxylic acids is 1. The highest BCUT2D eigenvalue weighted by molar-refractivity contribution is 5.81. The molecule has 0 aliphatic carbocycles. The third-order valence-electron chi connectivity index (χ3n) is 4.48. The molecule has 5 nitrogen and oxygen atoms in total. The van der Waals surface area contributed by atoms with Crippen LogP contribution < -0.4 is 5.73 Å². The van der Waals surface area contributed by atoms with Gasteiger partial charge in [-0.05, 0) is 43.0 Å². The first-order chi connectivity index (χ1) is 10.6. The fourth-order valence-electron chi connectivity index (χ4n) is 3.33. The van der Waals surface area contributed by atoms with Crippen LogP contribution in [-0.4, -0.2) is 33.7 Å². The van der Waals surface area contributed by atoms with Gasteiger partial charge in [-0.15, -0.1) is 0 Å². The number of aromatic nitrogens is 2. The first-order valence-electron chi connectivity index (χ1n) is 7.72. The van der Waals surface area contributed by atoms with Crippen LogP contribution in [0.5, 0.6) is 0 Å². The Morgan fingerprint density at radius 2 is 1.95 bits per heavy atom. The maximum atomic E-state index is 11.9. The molecule has 2 heterocycles. The lowest BCUT2D eigenvalue weighted by atomic mass is 9.90. The number of hydrogen-bond donors (Lipinski definition) is 1. The summed E-state index contributed by atoms with van der Waals surface area (Å²) in [6, 6.07) is 9.49. The van der Waals surface area contributed by atoms with Gasteiger partial charge in [-0.1, -0.05) is 30.3 Å². The Bertz CT molecular complexity index is 629.